The van der Waals surface area contributed by atoms with Crippen molar-refractivity contribution < 1.29 is 13.9 Å². The standard InChI is InChI=1S/C24H19FN2O3/c1-29-21-12-5-7-16(23(21)30-2)13-14-22-26-20-11-4-3-10-19(20)24(28)27(22)18-9-6-8-17(25)15-18/h3-15H,1-2H3. The van der Waals surface area contributed by atoms with E-state index < -0.39 is 5.82 Å². The summed E-state index contributed by atoms with van der Waals surface area (Å²) in [5.74, 6) is 1.09. The van der Waals surface area contributed by atoms with Gasteiger partial charge in [-0.3, -0.25) is 9.36 Å². The quantitative estimate of drug-likeness (QED) is 0.485. The highest BCUT2D eigenvalue weighted by Gasteiger charge is 2.12. The van der Waals surface area contributed by atoms with Crippen LogP contribution in [0.25, 0.3) is 28.7 Å². The molecule has 0 aliphatic rings. The second-order valence-electron chi connectivity index (χ2n) is 6.52. The first-order chi connectivity index (χ1) is 14.6. The number of fused-ring (bicyclic) bond motifs is 1. The number of ether oxygens (including phenoxy) is 2. The van der Waals surface area contributed by atoms with Crippen LogP contribution in [-0.2, 0) is 0 Å². The fourth-order valence-corrected chi connectivity index (χ4v) is 3.33. The van der Waals surface area contributed by atoms with Crippen LogP contribution in [0.5, 0.6) is 11.5 Å². The van der Waals surface area contributed by atoms with Gasteiger partial charge in [0.1, 0.15) is 11.6 Å². The number of benzene rings is 3. The summed E-state index contributed by atoms with van der Waals surface area (Å²) in [6.45, 7) is 0. The third-order valence-corrected chi connectivity index (χ3v) is 4.71. The Labute approximate surface area is 172 Å². The van der Waals surface area contributed by atoms with Crippen LogP contribution in [0.3, 0.4) is 0 Å². The van der Waals surface area contributed by atoms with Crippen LogP contribution in [0, 0.1) is 5.82 Å². The predicted octanol–water partition coefficient (Wildman–Crippen LogP) is 4.71. The van der Waals surface area contributed by atoms with E-state index in [-0.39, 0.29) is 5.56 Å². The monoisotopic (exact) mass is 402 g/mol. The number of para-hydroxylation sites is 2. The number of hydrogen-bond acceptors (Lipinski definition) is 4. The summed E-state index contributed by atoms with van der Waals surface area (Å²) in [5.41, 5.74) is 1.44. The molecule has 4 aromatic rings. The summed E-state index contributed by atoms with van der Waals surface area (Å²) in [6, 6.07) is 18.5. The van der Waals surface area contributed by atoms with Crippen molar-refractivity contribution in [3.63, 3.8) is 0 Å². The molecule has 0 saturated carbocycles. The van der Waals surface area contributed by atoms with Gasteiger partial charge in [-0.1, -0.05) is 30.3 Å². The van der Waals surface area contributed by atoms with E-state index in [0.29, 0.717) is 33.9 Å². The van der Waals surface area contributed by atoms with Gasteiger partial charge in [-0.05, 0) is 48.6 Å². The zero-order chi connectivity index (χ0) is 21.1. The van der Waals surface area contributed by atoms with Crippen LogP contribution < -0.4 is 15.0 Å². The molecule has 4 rings (SSSR count). The maximum Gasteiger partial charge on any atom is 0.266 e. The minimum Gasteiger partial charge on any atom is -0.493 e. The zero-order valence-electron chi connectivity index (χ0n) is 16.5. The van der Waals surface area contributed by atoms with Crippen molar-refractivity contribution >= 4 is 23.1 Å². The summed E-state index contributed by atoms with van der Waals surface area (Å²) < 4.78 is 26.1. The molecule has 30 heavy (non-hydrogen) atoms. The van der Waals surface area contributed by atoms with E-state index in [1.807, 2.05) is 18.2 Å². The minimum absolute atomic E-state index is 0.275. The molecular formula is C24H19FN2O3. The van der Waals surface area contributed by atoms with E-state index in [0.717, 1.165) is 5.56 Å². The lowest BCUT2D eigenvalue weighted by Crippen LogP contribution is -2.22. The van der Waals surface area contributed by atoms with Crippen LogP contribution in [0.15, 0.2) is 71.5 Å². The molecule has 0 aliphatic carbocycles. The van der Waals surface area contributed by atoms with Crippen LogP contribution in [0.1, 0.15) is 11.4 Å². The fourth-order valence-electron chi connectivity index (χ4n) is 3.33. The summed E-state index contributed by atoms with van der Waals surface area (Å²) in [4.78, 5) is 17.9. The predicted molar refractivity (Wildman–Crippen MR) is 116 cm³/mol. The number of hydrogen-bond donors (Lipinski definition) is 0. The third-order valence-electron chi connectivity index (χ3n) is 4.71. The van der Waals surface area contributed by atoms with Gasteiger partial charge in [0.2, 0.25) is 0 Å². The maximum absolute atomic E-state index is 13.9. The van der Waals surface area contributed by atoms with Crippen LogP contribution in [0.2, 0.25) is 0 Å². The molecule has 0 spiro atoms. The average Bonchev–Trinajstić information content (AvgIpc) is 2.77. The number of aromatic nitrogens is 2. The minimum atomic E-state index is -0.433. The molecule has 1 heterocycles. The van der Waals surface area contributed by atoms with Crippen molar-refractivity contribution in [3.8, 4) is 17.2 Å². The van der Waals surface area contributed by atoms with Gasteiger partial charge in [0.25, 0.3) is 5.56 Å². The number of nitrogens with zero attached hydrogens (tertiary/aromatic N) is 2. The average molecular weight is 402 g/mol. The molecule has 0 N–H and O–H groups in total. The Kier molecular flexibility index (Phi) is 5.30. The molecule has 0 atom stereocenters. The van der Waals surface area contributed by atoms with Crippen molar-refractivity contribution in [1.82, 2.24) is 9.55 Å². The van der Waals surface area contributed by atoms with Crippen LogP contribution in [0.4, 0.5) is 4.39 Å². The summed E-state index contributed by atoms with van der Waals surface area (Å²) in [6.07, 6.45) is 3.49. The van der Waals surface area contributed by atoms with Crippen LogP contribution >= 0.6 is 0 Å². The lowest BCUT2D eigenvalue weighted by molar-refractivity contribution is 0.354. The maximum atomic E-state index is 13.9. The molecule has 5 nitrogen and oxygen atoms in total. The fraction of sp³-hybridized carbons (Fsp3) is 0.0833. The summed E-state index contributed by atoms with van der Waals surface area (Å²) in [5, 5.41) is 0.456. The molecule has 6 heteroatoms. The first-order valence-corrected chi connectivity index (χ1v) is 9.29. The molecule has 0 aliphatic heterocycles. The molecular weight excluding hydrogens is 383 g/mol. The first kappa shape index (κ1) is 19.4. The second kappa shape index (κ2) is 8.21. The van der Waals surface area contributed by atoms with E-state index in [9.17, 15) is 9.18 Å². The highest BCUT2D eigenvalue weighted by molar-refractivity contribution is 5.80. The SMILES string of the molecule is COc1cccc(C=Cc2nc3ccccc3c(=O)n2-c2cccc(F)c2)c1OC. The van der Waals surface area contributed by atoms with Gasteiger partial charge in [0, 0.05) is 5.56 Å². The zero-order valence-corrected chi connectivity index (χ0v) is 16.5. The normalized spacial score (nSPS) is 11.2. The van der Waals surface area contributed by atoms with Crippen molar-refractivity contribution in [1.29, 1.82) is 0 Å². The lowest BCUT2D eigenvalue weighted by atomic mass is 10.1. The van der Waals surface area contributed by atoms with Gasteiger partial charge < -0.3 is 9.47 Å². The second-order valence-corrected chi connectivity index (χ2v) is 6.52. The van der Waals surface area contributed by atoms with E-state index >= 15 is 0 Å². The molecule has 0 bridgehead atoms. The van der Waals surface area contributed by atoms with Gasteiger partial charge in [-0.2, -0.15) is 0 Å². The van der Waals surface area contributed by atoms with Crippen molar-refractivity contribution in [2.24, 2.45) is 0 Å². The van der Waals surface area contributed by atoms with Gasteiger partial charge in [-0.15, -0.1) is 0 Å². The number of rotatable bonds is 5. The lowest BCUT2D eigenvalue weighted by Gasteiger charge is -2.12. The first-order valence-electron chi connectivity index (χ1n) is 9.29. The van der Waals surface area contributed by atoms with Crippen molar-refractivity contribution in [2.75, 3.05) is 14.2 Å². The van der Waals surface area contributed by atoms with Gasteiger partial charge in [0.15, 0.2) is 11.5 Å². The smallest absolute Gasteiger partial charge is 0.266 e. The Morgan fingerprint density at radius 2 is 1.73 bits per heavy atom. The summed E-state index contributed by atoms with van der Waals surface area (Å²) >= 11 is 0. The van der Waals surface area contributed by atoms with Crippen LogP contribution in [-0.4, -0.2) is 23.8 Å². The molecule has 150 valence electrons. The van der Waals surface area contributed by atoms with Crippen molar-refractivity contribution in [2.45, 2.75) is 0 Å². The largest absolute Gasteiger partial charge is 0.493 e. The number of halogens is 1. The Hall–Kier alpha value is -3.93. The molecule has 1 aromatic heterocycles. The highest BCUT2D eigenvalue weighted by atomic mass is 19.1. The van der Waals surface area contributed by atoms with Gasteiger partial charge >= 0.3 is 0 Å². The third kappa shape index (κ3) is 3.55. The molecule has 0 radical (unpaired) electrons. The van der Waals surface area contributed by atoms with Gasteiger partial charge in [-0.25, -0.2) is 9.37 Å². The van der Waals surface area contributed by atoms with E-state index in [4.69, 9.17) is 9.47 Å². The van der Waals surface area contributed by atoms with E-state index in [2.05, 4.69) is 4.98 Å². The molecule has 0 saturated heterocycles. The van der Waals surface area contributed by atoms with Crippen molar-refractivity contribution in [3.05, 3.63) is 94.3 Å². The Balaban J connectivity index is 1.94. The molecule has 0 unspecified atom stereocenters. The summed E-state index contributed by atoms with van der Waals surface area (Å²) in [7, 11) is 3.13. The van der Waals surface area contributed by atoms with E-state index in [1.54, 1.807) is 62.8 Å². The molecule has 0 amide bonds. The Morgan fingerprint density at radius 1 is 0.933 bits per heavy atom. The van der Waals surface area contributed by atoms with Gasteiger partial charge in [0.05, 0.1) is 30.8 Å². The molecule has 0 fully saturated rings. The Bertz CT molecular complexity index is 1310. The topological polar surface area (TPSA) is 53.3 Å². The highest BCUT2D eigenvalue weighted by Crippen LogP contribution is 2.32. The van der Waals surface area contributed by atoms with E-state index in [1.165, 1.54) is 16.7 Å². The Morgan fingerprint density at radius 3 is 2.50 bits per heavy atom. The molecule has 3 aromatic carbocycles. The number of methoxy groups -OCH3 is 2.